The second-order valence-corrected chi connectivity index (χ2v) is 8.67. The van der Waals surface area contributed by atoms with Gasteiger partial charge >= 0.3 is 0 Å². The van der Waals surface area contributed by atoms with Gasteiger partial charge in [-0.25, -0.2) is 8.42 Å². The normalized spacial score (nSPS) is 19.4. The number of nitrogens with one attached hydrogen (secondary N) is 1. The highest BCUT2D eigenvalue weighted by Gasteiger charge is 2.28. The molecule has 4 nitrogen and oxygen atoms in total. The van der Waals surface area contributed by atoms with Gasteiger partial charge in [0.2, 0.25) is 0 Å². The van der Waals surface area contributed by atoms with Gasteiger partial charge in [0.25, 0.3) is 0 Å². The van der Waals surface area contributed by atoms with Crippen LogP contribution in [0.5, 0.6) is 0 Å². The zero-order valence-electron chi connectivity index (χ0n) is 13.2. The third-order valence-corrected chi connectivity index (χ3v) is 6.26. The SMILES string of the molecule is CCS(=O)(=O)c1ccc(NCC2(C)CCN(C)CC2)cc1. The minimum atomic E-state index is -3.10. The zero-order valence-corrected chi connectivity index (χ0v) is 14.0. The zero-order chi connectivity index (χ0) is 15.5. The first kappa shape index (κ1) is 16.3. The summed E-state index contributed by atoms with van der Waals surface area (Å²) in [5.41, 5.74) is 1.31. The van der Waals surface area contributed by atoms with Crippen LogP contribution in [0.3, 0.4) is 0 Å². The van der Waals surface area contributed by atoms with Gasteiger partial charge in [0.15, 0.2) is 9.84 Å². The number of benzene rings is 1. The van der Waals surface area contributed by atoms with Crippen LogP contribution in [-0.2, 0) is 9.84 Å². The first-order valence-electron chi connectivity index (χ1n) is 7.60. The predicted octanol–water partition coefficient (Wildman–Crippen LogP) is 2.62. The van der Waals surface area contributed by atoms with E-state index >= 15 is 0 Å². The number of sulfone groups is 1. The van der Waals surface area contributed by atoms with Crippen LogP contribution >= 0.6 is 0 Å². The van der Waals surface area contributed by atoms with Crippen molar-refractivity contribution in [2.45, 2.75) is 31.6 Å². The summed E-state index contributed by atoms with van der Waals surface area (Å²) < 4.78 is 23.5. The van der Waals surface area contributed by atoms with Gasteiger partial charge in [-0.3, -0.25) is 0 Å². The van der Waals surface area contributed by atoms with Crippen LogP contribution in [0.4, 0.5) is 5.69 Å². The van der Waals surface area contributed by atoms with Crippen molar-refractivity contribution in [1.29, 1.82) is 0 Å². The summed E-state index contributed by atoms with van der Waals surface area (Å²) in [6.07, 6.45) is 2.39. The summed E-state index contributed by atoms with van der Waals surface area (Å²) >= 11 is 0. The van der Waals surface area contributed by atoms with Gasteiger partial charge in [-0.1, -0.05) is 13.8 Å². The fourth-order valence-corrected chi connectivity index (χ4v) is 3.48. The molecule has 5 heteroatoms. The second kappa shape index (κ2) is 6.36. The van der Waals surface area contributed by atoms with E-state index in [1.165, 1.54) is 12.8 Å². The lowest BCUT2D eigenvalue weighted by Crippen LogP contribution is -2.40. The molecule has 0 spiro atoms. The highest BCUT2D eigenvalue weighted by Crippen LogP contribution is 2.30. The molecule has 0 aromatic heterocycles. The Balaban J connectivity index is 1.95. The lowest BCUT2D eigenvalue weighted by Gasteiger charge is -2.38. The molecule has 1 saturated heterocycles. The molecule has 1 aliphatic heterocycles. The summed E-state index contributed by atoms with van der Waals surface area (Å²) in [5, 5.41) is 3.45. The largest absolute Gasteiger partial charge is 0.384 e. The van der Waals surface area contributed by atoms with Crippen molar-refractivity contribution in [3.63, 3.8) is 0 Å². The lowest BCUT2D eigenvalue weighted by atomic mass is 9.80. The molecule has 118 valence electrons. The summed E-state index contributed by atoms with van der Waals surface area (Å²) in [7, 11) is -0.935. The molecule has 1 heterocycles. The van der Waals surface area contributed by atoms with Crippen LogP contribution in [0.2, 0.25) is 0 Å². The van der Waals surface area contributed by atoms with Crippen molar-refractivity contribution in [2.24, 2.45) is 5.41 Å². The van der Waals surface area contributed by atoms with Gasteiger partial charge in [0, 0.05) is 12.2 Å². The van der Waals surface area contributed by atoms with Crippen molar-refractivity contribution in [3.05, 3.63) is 24.3 Å². The number of hydrogen-bond donors (Lipinski definition) is 1. The molecule has 0 bridgehead atoms. The van der Waals surface area contributed by atoms with E-state index in [1.54, 1.807) is 19.1 Å². The lowest BCUT2D eigenvalue weighted by molar-refractivity contribution is 0.150. The average molecular weight is 310 g/mol. The molecule has 1 aromatic rings. The van der Waals surface area contributed by atoms with Gasteiger partial charge in [-0.05, 0) is 62.7 Å². The molecule has 0 atom stereocenters. The van der Waals surface area contributed by atoms with Crippen molar-refractivity contribution < 1.29 is 8.42 Å². The number of anilines is 1. The van der Waals surface area contributed by atoms with Crippen LogP contribution in [0.25, 0.3) is 0 Å². The molecule has 1 N–H and O–H groups in total. The van der Waals surface area contributed by atoms with Crippen molar-refractivity contribution in [2.75, 3.05) is 37.8 Å². The Bertz CT molecular complexity index is 558. The highest BCUT2D eigenvalue weighted by atomic mass is 32.2. The Hall–Kier alpha value is -1.07. The Morgan fingerprint density at radius 1 is 1.19 bits per heavy atom. The monoisotopic (exact) mass is 310 g/mol. The highest BCUT2D eigenvalue weighted by molar-refractivity contribution is 7.91. The van der Waals surface area contributed by atoms with Gasteiger partial charge in [0.1, 0.15) is 0 Å². The number of nitrogens with zero attached hydrogens (tertiary/aromatic N) is 1. The molecule has 0 saturated carbocycles. The summed E-state index contributed by atoms with van der Waals surface area (Å²) in [5.74, 6) is 0.144. The molecule has 1 aliphatic rings. The quantitative estimate of drug-likeness (QED) is 0.908. The Labute approximate surface area is 128 Å². The van der Waals surface area contributed by atoms with E-state index in [4.69, 9.17) is 0 Å². The molecular weight excluding hydrogens is 284 g/mol. The predicted molar refractivity (Wildman–Crippen MR) is 87.5 cm³/mol. The molecule has 21 heavy (non-hydrogen) atoms. The van der Waals surface area contributed by atoms with Gasteiger partial charge < -0.3 is 10.2 Å². The minimum absolute atomic E-state index is 0.144. The number of rotatable bonds is 5. The molecular formula is C16H26N2O2S. The van der Waals surface area contributed by atoms with Crippen LogP contribution in [0.15, 0.2) is 29.2 Å². The smallest absolute Gasteiger partial charge is 0.178 e. The summed E-state index contributed by atoms with van der Waals surface area (Å²) in [6.45, 7) is 7.21. The molecule has 2 rings (SSSR count). The number of hydrogen-bond acceptors (Lipinski definition) is 4. The maximum Gasteiger partial charge on any atom is 0.178 e. The van der Waals surface area contributed by atoms with Crippen LogP contribution in [0, 0.1) is 5.41 Å². The maximum atomic E-state index is 11.8. The van der Waals surface area contributed by atoms with E-state index in [9.17, 15) is 8.42 Å². The van der Waals surface area contributed by atoms with E-state index < -0.39 is 9.84 Å². The molecule has 0 amide bonds. The first-order chi connectivity index (χ1) is 9.85. The third kappa shape index (κ3) is 4.20. The van der Waals surface area contributed by atoms with Crippen LogP contribution in [-0.4, -0.2) is 45.8 Å². The Kier molecular flexibility index (Phi) is 4.94. The molecule has 0 unspecified atom stereocenters. The average Bonchev–Trinajstić information content (AvgIpc) is 2.49. The van der Waals surface area contributed by atoms with E-state index in [-0.39, 0.29) is 5.75 Å². The summed E-state index contributed by atoms with van der Waals surface area (Å²) in [6, 6.07) is 7.11. The fraction of sp³-hybridized carbons (Fsp3) is 0.625. The van der Waals surface area contributed by atoms with Crippen molar-refractivity contribution >= 4 is 15.5 Å². The second-order valence-electron chi connectivity index (χ2n) is 6.40. The Morgan fingerprint density at radius 2 is 1.76 bits per heavy atom. The number of likely N-dealkylation sites (tertiary alicyclic amines) is 1. The van der Waals surface area contributed by atoms with Crippen LogP contribution < -0.4 is 5.32 Å². The van der Waals surface area contributed by atoms with Gasteiger partial charge in [-0.15, -0.1) is 0 Å². The van der Waals surface area contributed by atoms with E-state index in [0.29, 0.717) is 10.3 Å². The van der Waals surface area contributed by atoms with Gasteiger partial charge in [-0.2, -0.15) is 0 Å². The van der Waals surface area contributed by atoms with Gasteiger partial charge in [0.05, 0.1) is 10.6 Å². The molecule has 0 aliphatic carbocycles. The minimum Gasteiger partial charge on any atom is -0.384 e. The number of piperidine rings is 1. The molecule has 1 fully saturated rings. The standard InChI is InChI=1S/C16H26N2O2S/c1-4-21(19,20)15-7-5-14(6-8-15)17-13-16(2)9-11-18(3)12-10-16/h5-8,17H,4,9-13H2,1-3H3. The van der Waals surface area contributed by atoms with E-state index in [2.05, 4.69) is 24.2 Å². The van der Waals surface area contributed by atoms with Crippen molar-refractivity contribution in [3.8, 4) is 0 Å². The topological polar surface area (TPSA) is 49.4 Å². The Morgan fingerprint density at radius 3 is 2.29 bits per heavy atom. The van der Waals surface area contributed by atoms with Crippen molar-refractivity contribution in [1.82, 2.24) is 4.90 Å². The summed E-state index contributed by atoms with van der Waals surface area (Å²) in [4.78, 5) is 2.77. The van der Waals surface area contributed by atoms with Crippen LogP contribution in [0.1, 0.15) is 26.7 Å². The third-order valence-electron chi connectivity index (χ3n) is 4.51. The molecule has 1 aromatic carbocycles. The molecule has 0 radical (unpaired) electrons. The van der Waals surface area contributed by atoms with E-state index in [0.717, 1.165) is 25.3 Å². The first-order valence-corrected chi connectivity index (χ1v) is 9.25. The maximum absolute atomic E-state index is 11.8. The fourth-order valence-electron chi connectivity index (χ4n) is 2.60. The van der Waals surface area contributed by atoms with E-state index in [1.807, 2.05) is 12.1 Å².